The number of carbonyl (C=O) groups excluding carboxylic acids is 3. The van der Waals surface area contributed by atoms with Gasteiger partial charge in [-0.15, -0.1) is 0 Å². The topological polar surface area (TPSA) is 75.7 Å². The Bertz CT molecular complexity index is 1310. The minimum atomic E-state index is -1.02. The first-order valence-electron chi connectivity index (χ1n) is 9.95. The minimum Gasteiger partial charge on any atom is -0.497 e. The molecule has 1 aliphatic heterocycles. The summed E-state index contributed by atoms with van der Waals surface area (Å²) in [6.45, 7) is 0. The lowest BCUT2D eigenvalue weighted by molar-refractivity contribution is -0.122. The molecule has 6 nitrogen and oxygen atoms in total. The fourth-order valence-corrected chi connectivity index (χ4v) is 3.72. The predicted molar refractivity (Wildman–Crippen MR) is 123 cm³/mol. The van der Waals surface area contributed by atoms with Crippen molar-refractivity contribution in [1.29, 1.82) is 0 Å². The Labute approximate surface area is 194 Å². The van der Waals surface area contributed by atoms with Crippen molar-refractivity contribution in [2.75, 3.05) is 12.0 Å². The van der Waals surface area contributed by atoms with Crippen LogP contribution in [0.5, 0.6) is 5.75 Å². The first kappa shape index (κ1) is 22.2. The van der Waals surface area contributed by atoms with Gasteiger partial charge in [0.15, 0.2) is 0 Å². The molecule has 3 aromatic carbocycles. The van der Waals surface area contributed by atoms with E-state index in [0.29, 0.717) is 27.7 Å². The second-order valence-corrected chi connectivity index (χ2v) is 7.65. The van der Waals surface area contributed by atoms with E-state index in [2.05, 4.69) is 5.32 Å². The smallest absolute Gasteiger partial charge is 0.336 e. The molecule has 4 amide bonds. The molecule has 1 N–H and O–H groups in total. The number of para-hydroxylation sites is 1. The summed E-state index contributed by atoms with van der Waals surface area (Å²) in [5.41, 5.74) is 1.59. The van der Waals surface area contributed by atoms with E-state index in [9.17, 15) is 18.8 Å². The van der Waals surface area contributed by atoms with E-state index in [4.69, 9.17) is 16.3 Å². The summed E-state index contributed by atoms with van der Waals surface area (Å²) in [7, 11) is 1.53. The molecule has 0 radical (unpaired) electrons. The van der Waals surface area contributed by atoms with Crippen LogP contribution in [0.1, 0.15) is 16.7 Å². The zero-order valence-corrected chi connectivity index (χ0v) is 18.2. The van der Waals surface area contributed by atoms with Gasteiger partial charge in [-0.1, -0.05) is 48.0 Å². The van der Waals surface area contributed by atoms with E-state index < -0.39 is 23.7 Å². The van der Waals surface area contributed by atoms with Crippen LogP contribution in [0.3, 0.4) is 0 Å². The number of hydrogen-bond donors (Lipinski definition) is 1. The van der Waals surface area contributed by atoms with E-state index >= 15 is 0 Å². The van der Waals surface area contributed by atoms with Gasteiger partial charge in [0.05, 0.1) is 12.8 Å². The molecular weight excluding hydrogens is 447 g/mol. The van der Waals surface area contributed by atoms with E-state index in [0.717, 1.165) is 17.2 Å². The molecule has 166 valence electrons. The Balaban J connectivity index is 1.78. The number of methoxy groups -OCH3 is 1. The van der Waals surface area contributed by atoms with Crippen molar-refractivity contribution >= 4 is 41.2 Å². The number of halogens is 2. The summed E-state index contributed by atoms with van der Waals surface area (Å²) in [6.07, 6.45) is 1.78. The van der Waals surface area contributed by atoms with Gasteiger partial charge in [-0.25, -0.2) is 14.1 Å². The number of rotatable bonds is 5. The molecule has 1 fully saturated rings. The highest BCUT2D eigenvalue weighted by atomic mass is 35.5. The van der Waals surface area contributed by atoms with Gasteiger partial charge in [-0.2, -0.15) is 0 Å². The highest BCUT2D eigenvalue weighted by Gasteiger charge is 2.38. The van der Waals surface area contributed by atoms with Crippen LogP contribution in [0.2, 0.25) is 5.02 Å². The maximum absolute atomic E-state index is 14.3. The second kappa shape index (κ2) is 9.26. The summed E-state index contributed by atoms with van der Waals surface area (Å²) < 4.78 is 19.6. The van der Waals surface area contributed by atoms with Gasteiger partial charge in [0.1, 0.15) is 17.1 Å². The number of urea groups is 1. The zero-order chi connectivity index (χ0) is 23.5. The van der Waals surface area contributed by atoms with Crippen LogP contribution in [0.15, 0.2) is 72.3 Å². The summed E-state index contributed by atoms with van der Waals surface area (Å²) in [4.78, 5) is 38.6. The monoisotopic (exact) mass is 464 g/mol. The van der Waals surface area contributed by atoms with E-state index in [1.54, 1.807) is 24.3 Å². The molecule has 33 heavy (non-hydrogen) atoms. The van der Waals surface area contributed by atoms with E-state index in [1.807, 2.05) is 18.2 Å². The Kier molecular flexibility index (Phi) is 6.24. The lowest BCUT2D eigenvalue weighted by Crippen LogP contribution is -2.54. The Morgan fingerprint density at radius 1 is 1.00 bits per heavy atom. The summed E-state index contributed by atoms with van der Waals surface area (Å²) in [5, 5.41) is 2.67. The van der Waals surface area contributed by atoms with Gasteiger partial charge in [0, 0.05) is 5.02 Å². The number of imide groups is 2. The molecule has 0 bridgehead atoms. The van der Waals surface area contributed by atoms with Crippen LogP contribution in [0.25, 0.3) is 6.08 Å². The van der Waals surface area contributed by atoms with Gasteiger partial charge >= 0.3 is 6.03 Å². The molecular formula is C25H18ClFN2O4. The van der Waals surface area contributed by atoms with Crippen LogP contribution in [0.4, 0.5) is 14.9 Å². The SMILES string of the molecule is COc1ccc(/C=C2/C(=O)NC(=O)N(c3ccccc3F)C2=O)c(Cc2ccccc2Cl)c1. The van der Waals surface area contributed by atoms with Gasteiger partial charge < -0.3 is 4.74 Å². The number of amides is 4. The van der Waals surface area contributed by atoms with Crippen molar-refractivity contribution in [3.05, 3.63) is 99.8 Å². The molecule has 1 heterocycles. The molecule has 1 aliphatic rings. The van der Waals surface area contributed by atoms with Gasteiger partial charge in [0.2, 0.25) is 0 Å². The summed E-state index contributed by atoms with van der Waals surface area (Å²) in [5.74, 6) is -1.97. The molecule has 8 heteroatoms. The lowest BCUT2D eigenvalue weighted by Gasteiger charge is -2.26. The van der Waals surface area contributed by atoms with Crippen molar-refractivity contribution in [2.45, 2.75) is 6.42 Å². The Morgan fingerprint density at radius 2 is 1.73 bits per heavy atom. The molecule has 0 saturated carbocycles. The number of nitrogens with one attached hydrogen (secondary N) is 1. The minimum absolute atomic E-state index is 0.246. The van der Waals surface area contributed by atoms with E-state index in [-0.39, 0.29) is 11.3 Å². The third kappa shape index (κ3) is 4.49. The average Bonchev–Trinajstić information content (AvgIpc) is 2.80. The first-order chi connectivity index (χ1) is 15.9. The fraction of sp³-hybridized carbons (Fsp3) is 0.0800. The van der Waals surface area contributed by atoms with Crippen molar-refractivity contribution in [1.82, 2.24) is 5.32 Å². The maximum atomic E-state index is 14.3. The van der Waals surface area contributed by atoms with Crippen molar-refractivity contribution in [3.8, 4) is 5.75 Å². The van der Waals surface area contributed by atoms with Crippen molar-refractivity contribution in [2.24, 2.45) is 0 Å². The quantitative estimate of drug-likeness (QED) is 0.437. The Hall–Kier alpha value is -3.97. The standard InChI is InChI=1S/C25H18ClFN2O4/c1-33-18-11-10-15(17(13-18)12-16-6-2-3-7-20(16)26)14-19-23(30)28-25(32)29(24(19)31)22-9-5-4-8-21(22)27/h2-11,13-14H,12H2,1H3,(H,28,30,32)/b19-14-. The van der Waals surface area contributed by atoms with Crippen molar-refractivity contribution < 1.29 is 23.5 Å². The highest BCUT2D eigenvalue weighted by molar-refractivity contribution is 6.39. The third-order valence-corrected chi connectivity index (χ3v) is 5.55. The lowest BCUT2D eigenvalue weighted by atomic mass is 9.97. The molecule has 0 aliphatic carbocycles. The normalized spacial score (nSPS) is 15.1. The molecule has 0 unspecified atom stereocenters. The molecule has 0 atom stereocenters. The Morgan fingerprint density at radius 3 is 2.45 bits per heavy atom. The molecule has 0 spiro atoms. The highest BCUT2D eigenvalue weighted by Crippen LogP contribution is 2.28. The zero-order valence-electron chi connectivity index (χ0n) is 17.5. The number of benzene rings is 3. The van der Waals surface area contributed by atoms with Crippen LogP contribution in [0, 0.1) is 5.82 Å². The number of carbonyl (C=O) groups is 3. The van der Waals surface area contributed by atoms with Crippen LogP contribution < -0.4 is 15.0 Å². The fourth-order valence-electron chi connectivity index (χ4n) is 3.51. The first-order valence-corrected chi connectivity index (χ1v) is 10.3. The van der Waals surface area contributed by atoms with Gasteiger partial charge in [-0.3, -0.25) is 14.9 Å². The van der Waals surface area contributed by atoms with E-state index in [1.165, 1.54) is 31.4 Å². The largest absolute Gasteiger partial charge is 0.497 e. The number of anilines is 1. The van der Waals surface area contributed by atoms with Crippen molar-refractivity contribution in [3.63, 3.8) is 0 Å². The van der Waals surface area contributed by atoms with Crippen LogP contribution >= 0.6 is 11.6 Å². The number of hydrogen-bond acceptors (Lipinski definition) is 4. The summed E-state index contributed by atoms with van der Waals surface area (Å²) in [6, 6.07) is 16.8. The predicted octanol–water partition coefficient (Wildman–Crippen LogP) is 4.74. The number of barbiturate groups is 1. The van der Waals surface area contributed by atoms with Crippen LogP contribution in [-0.4, -0.2) is 25.0 Å². The molecule has 3 aromatic rings. The number of ether oxygens (including phenoxy) is 1. The second-order valence-electron chi connectivity index (χ2n) is 7.24. The molecule has 4 rings (SSSR count). The number of nitrogens with zero attached hydrogens (tertiary/aromatic N) is 1. The van der Waals surface area contributed by atoms with Crippen LogP contribution in [-0.2, 0) is 16.0 Å². The van der Waals surface area contributed by atoms with Gasteiger partial charge in [-0.05, 0) is 59.5 Å². The molecule has 1 saturated heterocycles. The maximum Gasteiger partial charge on any atom is 0.336 e. The average molecular weight is 465 g/mol. The molecule has 0 aromatic heterocycles. The summed E-state index contributed by atoms with van der Waals surface area (Å²) >= 11 is 6.31. The third-order valence-electron chi connectivity index (χ3n) is 5.18. The van der Waals surface area contributed by atoms with Gasteiger partial charge in [0.25, 0.3) is 11.8 Å².